The van der Waals surface area contributed by atoms with Crippen LogP contribution in [-0.2, 0) is 21.8 Å². The summed E-state index contributed by atoms with van der Waals surface area (Å²) in [5, 5.41) is 13.0. The van der Waals surface area contributed by atoms with Gasteiger partial charge in [0.15, 0.2) is 6.20 Å². The Labute approximate surface area is 172 Å². The van der Waals surface area contributed by atoms with Crippen LogP contribution in [0.25, 0.3) is 21.5 Å². The second kappa shape index (κ2) is 7.33. The molecular formula is C19H12F3N3O3S2. The van der Waals surface area contributed by atoms with Crippen molar-refractivity contribution in [1.82, 2.24) is 9.97 Å². The summed E-state index contributed by atoms with van der Waals surface area (Å²) in [6.45, 7) is 0. The van der Waals surface area contributed by atoms with Gasteiger partial charge in [0.25, 0.3) is 0 Å². The maximum Gasteiger partial charge on any atom is 0.433 e. The van der Waals surface area contributed by atoms with E-state index in [9.17, 15) is 26.8 Å². The molecule has 11 heteroatoms. The fourth-order valence-electron chi connectivity index (χ4n) is 2.88. The van der Waals surface area contributed by atoms with Crippen LogP contribution in [0.15, 0.2) is 65.3 Å². The van der Waals surface area contributed by atoms with E-state index < -0.39 is 32.6 Å². The minimum atomic E-state index is -4.83. The highest BCUT2D eigenvalue weighted by atomic mass is 32.2. The summed E-state index contributed by atoms with van der Waals surface area (Å²) in [5.41, 5.74) is -0.802. The van der Waals surface area contributed by atoms with E-state index in [4.69, 9.17) is 0 Å². The number of fused-ring (bicyclic) bond motifs is 1. The number of benzene rings is 1. The van der Waals surface area contributed by atoms with Gasteiger partial charge in [-0.25, -0.2) is 18.4 Å². The van der Waals surface area contributed by atoms with Crippen LogP contribution in [0.5, 0.6) is 0 Å². The molecule has 4 rings (SSSR count). The van der Waals surface area contributed by atoms with E-state index in [1.165, 1.54) is 30.5 Å². The molecular weight excluding hydrogens is 439 g/mol. The Kier molecular flexibility index (Phi) is 4.94. The Bertz CT molecular complexity index is 1340. The second-order valence-electron chi connectivity index (χ2n) is 6.38. The van der Waals surface area contributed by atoms with Gasteiger partial charge in [0.05, 0.1) is 16.3 Å². The fraction of sp³-hybridized carbons (Fsp3) is 0.105. The van der Waals surface area contributed by atoms with Crippen LogP contribution in [0.2, 0.25) is 0 Å². The predicted octanol–water partition coefficient (Wildman–Crippen LogP) is 3.98. The van der Waals surface area contributed by atoms with E-state index in [-0.39, 0.29) is 5.69 Å². The quantitative estimate of drug-likeness (QED) is 0.266. The molecule has 1 aromatic carbocycles. The first-order chi connectivity index (χ1) is 14.1. The first-order valence-electron chi connectivity index (χ1n) is 8.47. The van der Waals surface area contributed by atoms with Crippen LogP contribution in [0.1, 0.15) is 11.3 Å². The summed E-state index contributed by atoms with van der Waals surface area (Å²) < 4.78 is 66.2. The van der Waals surface area contributed by atoms with Gasteiger partial charge in [-0.15, -0.1) is 11.3 Å². The molecule has 0 aliphatic rings. The van der Waals surface area contributed by atoms with E-state index in [1.54, 1.807) is 23.6 Å². The Balaban J connectivity index is 1.77. The molecule has 0 N–H and O–H groups in total. The highest BCUT2D eigenvalue weighted by molar-refractivity contribution is 7.90. The average Bonchev–Trinajstić information content (AvgIpc) is 3.22. The van der Waals surface area contributed by atoms with Gasteiger partial charge in [-0.2, -0.15) is 17.9 Å². The number of rotatable bonds is 4. The molecule has 3 heterocycles. The number of sulfone groups is 1. The number of nitrogens with zero attached hydrogens (tertiary/aromatic N) is 3. The summed E-state index contributed by atoms with van der Waals surface area (Å²) >= 11 is 1.14. The summed E-state index contributed by atoms with van der Waals surface area (Å²) in [6.07, 6.45) is -3.52. The minimum Gasteiger partial charge on any atom is -0.618 e. The third-order valence-corrected chi connectivity index (χ3v) is 6.58. The van der Waals surface area contributed by atoms with Crippen LogP contribution in [0.3, 0.4) is 0 Å². The van der Waals surface area contributed by atoms with Gasteiger partial charge in [-0.1, -0.05) is 12.1 Å². The van der Waals surface area contributed by atoms with Crippen molar-refractivity contribution in [2.75, 3.05) is 0 Å². The molecule has 0 saturated carbocycles. The van der Waals surface area contributed by atoms with Crippen molar-refractivity contribution in [1.29, 1.82) is 0 Å². The van der Waals surface area contributed by atoms with Crippen LogP contribution in [0, 0.1) is 5.21 Å². The standard InChI is InChI=1S/C19H12F3N3O3S2/c20-19(21,22)17-10-14(16-4-2-8-29-16)23-18(24-17)30(27,28)11-12-5-6-15-13(9-12)3-1-7-25(15)26/h1-10H,11H2. The lowest BCUT2D eigenvalue weighted by atomic mass is 10.1. The lowest BCUT2D eigenvalue weighted by Gasteiger charge is -2.11. The molecule has 0 aliphatic heterocycles. The third kappa shape index (κ3) is 3.98. The first-order valence-corrected chi connectivity index (χ1v) is 11.0. The maximum absolute atomic E-state index is 13.3. The van der Waals surface area contributed by atoms with Gasteiger partial charge in [0.2, 0.25) is 20.5 Å². The summed E-state index contributed by atoms with van der Waals surface area (Å²) in [6, 6.07) is 11.4. The van der Waals surface area contributed by atoms with Crippen LogP contribution >= 0.6 is 11.3 Å². The highest BCUT2D eigenvalue weighted by Crippen LogP contribution is 2.32. The molecule has 0 amide bonds. The van der Waals surface area contributed by atoms with E-state index in [0.29, 0.717) is 26.1 Å². The smallest absolute Gasteiger partial charge is 0.433 e. The Hall–Kier alpha value is -3.05. The zero-order valence-electron chi connectivity index (χ0n) is 15.0. The van der Waals surface area contributed by atoms with Crippen molar-refractivity contribution in [3.05, 3.63) is 76.6 Å². The van der Waals surface area contributed by atoms with Crippen molar-refractivity contribution in [3.63, 3.8) is 0 Å². The summed E-state index contributed by atoms with van der Waals surface area (Å²) in [7, 11) is -4.29. The van der Waals surface area contributed by atoms with Gasteiger partial charge in [0, 0.05) is 17.5 Å². The van der Waals surface area contributed by atoms with E-state index in [2.05, 4.69) is 9.97 Å². The van der Waals surface area contributed by atoms with Crippen LogP contribution in [0.4, 0.5) is 13.2 Å². The summed E-state index contributed by atoms with van der Waals surface area (Å²) in [5.74, 6) is -0.609. The highest BCUT2D eigenvalue weighted by Gasteiger charge is 2.35. The number of thiophene rings is 1. The topological polar surface area (TPSA) is 86.9 Å². The Morgan fingerprint density at radius 1 is 1.07 bits per heavy atom. The van der Waals surface area contributed by atoms with Gasteiger partial charge in [-0.05, 0) is 35.2 Å². The molecule has 0 bridgehead atoms. The van der Waals surface area contributed by atoms with E-state index in [0.717, 1.165) is 17.4 Å². The number of pyridine rings is 1. The molecule has 4 aromatic rings. The molecule has 30 heavy (non-hydrogen) atoms. The van der Waals surface area contributed by atoms with Gasteiger partial charge < -0.3 is 5.21 Å². The molecule has 3 aromatic heterocycles. The second-order valence-corrected chi connectivity index (χ2v) is 9.21. The lowest BCUT2D eigenvalue weighted by molar-refractivity contribution is -0.577. The van der Waals surface area contributed by atoms with E-state index in [1.807, 2.05) is 0 Å². The Morgan fingerprint density at radius 3 is 2.57 bits per heavy atom. The molecule has 0 unspecified atom stereocenters. The zero-order chi connectivity index (χ0) is 21.5. The SMILES string of the molecule is O=S(=O)(Cc1ccc2c(ccc[n+]2[O-])c1)c1nc(-c2cccs2)cc(C(F)(F)F)n1. The Morgan fingerprint density at radius 2 is 1.87 bits per heavy atom. The average molecular weight is 451 g/mol. The number of hydrogen-bond donors (Lipinski definition) is 0. The van der Waals surface area contributed by atoms with Crippen LogP contribution < -0.4 is 4.73 Å². The van der Waals surface area contributed by atoms with Crippen molar-refractivity contribution in [3.8, 4) is 10.6 Å². The maximum atomic E-state index is 13.3. The fourth-order valence-corrected chi connectivity index (χ4v) is 4.79. The van der Waals surface area contributed by atoms with Gasteiger partial charge >= 0.3 is 6.18 Å². The molecule has 0 saturated heterocycles. The molecule has 0 fully saturated rings. The van der Waals surface area contributed by atoms with Crippen LogP contribution in [-0.4, -0.2) is 18.4 Å². The normalized spacial score (nSPS) is 12.4. The monoisotopic (exact) mass is 451 g/mol. The number of hydrogen-bond acceptors (Lipinski definition) is 6. The lowest BCUT2D eigenvalue weighted by Crippen LogP contribution is -2.25. The van der Waals surface area contributed by atoms with Crippen molar-refractivity contribution >= 4 is 32.1 Å². The summed E-state index contributed by atoms with van der Waals surface area (Å²) in [4.78, 5) is 7.57. The third-order valence-electron chi connectivity index (χ3n) is 4.23. The van der Waals surface area contributed by atoms with Gasteiger partial charge in [-0.3, -0.25) is 0 Å². The predicted molar refractivity (Wildman–Crippen MR) is 104 cm³/mol. The molecule has 0 aliphatic carbocycles. The number of alkyl halides is 3. The molecule has 0 atom stereocenters. The largest absolute Gasteiger partial charge is 0.618 e. The molecule has 0 radical (unpaired) electrons. The molecule has 6 nitrogen and oxygen atoms in total. The first kappa shape index (κ1) is 20.2. The molecule has 154 valence electrons. The van der Waals surface area contributed by atoms with Gasteiger partial charge in [0.1, 0.15) is 5.69 Å². The minimum absolute atomic E-state index is 0.114. The van der Waals surface area contributed by atoms with Crippen molar-refractivity contribution in [2.24, 2.45) is 0 Å². The van der Waals surface area contributed by atoms with Crippen molar-refractivity contribution in [2.45, 2.75) is 17.1 Å². The molecule has 0 spiro atoms. The van der Waals surface area contributed by atoms with Crippen molar-refractivity contribution < 1.29 is 26.3 Å². The number of halogens is 3. The van der Waals surface area contributed by atoms with E-state index >= 15 is 0 Å². The zero-order valence-corrected chi connectivity index (χ0v) is 16.6. The number of aromatic nitrogens is 3.